The van der Waals surface area contributed by atoms with E-state index in [1.165, 1.54) is 28.1 Å². The van der Waals surface area contributed by atoms with E-state index in [-0.39, 0.29) is 18.9 Å². The van der Waals surface area contributed by atoms with Crippen molar-refractivity contribution in [3.63, 3.8) is 0 Å². The number of hydrogen-bond donors (Lipinski definition) is 0. The van der Waals surface area contributed by atoms with Crippen molar-refractivity contribution < 1.29 is 18.9 Å². The van der Waals surface area contributed by atoms with Crippen molar-refractivity contribution in [3.05, 3.63) is 40.5 Å². The van der Waals surface area contributed by atoms with Gasteiger partial charge in [0.25, 0.3) is 0 Å². The molecule has 1 aliphatic rings. The van der Waals surface area contributed by atoms with E-state index in [2.05, 4.69) is 30.3 Å². The van der Waals surface area contributed by atoms with Crippen LogP contribution in [0.4, 0.5) is 0 Å². The Labute approximate surface area is 100 Å². The Bertz CT molecular complexity index is 232. The molecule has 0 radical (unpaired) electrons. The van der Waals surface area contributed by atoms with Crippen molar-refractivity contribution in [2.24, 2.45) is 0 Å². The van der Waals surface area contributed by atoms with Gasteiger partial charge in [0.2, 0.25) is 0 Å². The van der Waals surface area contributed by atoms with E-state index < -0.39 is 0 Å². The molecule has 0 nitrogen and oxygen atoms in total. The first-order valence-corrected chi connectivity index (χ1v) is 6.12. The Hall–Kier alpha value is 0.387. The molecule has 0 spiro atoms. The van der Waals surface area contributed by atoms with Crippen molar-refractivity contribution >= 4 is 23.5 Å². The Balaban J connectivity index is 0.000000845. The number of thioether (sulfide) groups is 2. The van der Waals surface area contributed by atoms with Crippen LogP contribution in [0.3, 0.4) is 0 Å². The van der Waals surface area contributed by atoms with Crippen LogP contribution in [0, 0.1) is 4.58 Å². The van der Waals surface area contributed by atoms with E-state index in [4.69, 9.17) is 0 Å². The topological polar surface area (TPSA) is 0 Å². The second-order valence-corrected chi connectivity index (χ2v) is 5.17. The summed E-state index contributed by atoms with van der Waals surface area (Å²) in [5.41, 5.74) is 1.40. The molecule has 0 unspecified atom stereocenters. The first-order chi connectivity index (χ1) is 5.97. The molecule has 1 aliphatic heterocycles. The minimum Gasteiger partial charge on any atom is -0.188 e. The van der Waals surface area contributed by atoms with E-state index in [0.29, 0.717) is 0 Å². The summed E-state index contributed by atoms with van der Waals surface area (Å²) in [6.07, 6.45) is 1.35. The van der Waals surface area contributed by atoms with Crippen LogP contribution in [0.1, 0.15) is 12.0 Å². The van der Waals surface area contributed by atoms with Gasteiger partial charge in [0.1, 0.15) is 0 Å². The van der Waals surface area contributed by atoms with Gasteiger partial charge in [0, 0.05) is 0 Å². The minimum atomic E-state index is 0. The first kappa shape index (κ1) is 11.5. The van der Waals surface area contributed by atoms with Crippen LogP contribution in [0.25, 0.3) is 0 Å². The van der Waals surface area contributed by atoms with Gasteiger partial charge < -0.3 is 0 Å². The van der Waals surface area contributed by atoms with E-state index >= 15 is 0 Å². The van der Waals surface area contributed by atoms with Crippen molar-refractivity contribution in [2.75, 3.05) is 11.5 Å². The molecular formula is C10H11LiS2. The van der Waals surface area contributed by atoms with Crippen LogP contribution in [0.5, 0.6) is 0 Å². The fraction of sp³-hybridized carbons (Fsp3) is 0.300. The molecule has 64 valence electrons. The van der Waals surface area contributed by atoms with Gasteiger partial charge in [-0.25, -0.2) is 0 Å². The monoisotopic (exact) mass is 202 g/mol. The van der Waals surface area contributed by atoms with Crippen molar-refractivity contribution in [1.82, 2.24) is 0 Å². The summed E-state index contributed by atoms with van der Waals surface area (Å²) >= 11 is 3.99. The van der Waals surface area contributed by atoms with Gasteiger partial charge in [0.05, 0.1) is 0 Å². The van der Waals surface area contributed by atoms with Gasteiger partial charge >= 0.3 is 18.9 Å². The molecule has 0 N–H and O–H groups in total. The molecule has 1 saturated heterocycles. The predicted molar refractivity (Wildman–Crippen MR) is 58.3 cm³/mol. The average Bonchev–Trinajstić information content (AvgIpc) is 2.21. The molecule has 0 atom stereocenters. The predicted octanol–water partition coefficient (Wildman–Crippen LogP) is 0.398. The van der Waals surface area contributed by atoms with Crippen LogP contribution in [-0.2, 0) is 0 Å². The summed E-state index contributed by atoms with van der Waals surface area (Å²) in [5, 5.41) is 0. The normalized spacial score (nSPS) is 16.5. The molecule has 0 amide bonds. The van der Waals surface area contributed by atoms with Crippen LogP contribution >= 0.6 is 23.5 Å². The van der Waals surface area contributed by atoms with E-state index in [0.717, 1.165) is 0 Å². The fourth-order valence-electron chi connectivity index (χ4n) is 1.17. The van der Waals surface area contributed by atoms with Crippen LogP contribution in [0.15, 0.2) is 30.3 Å². The van der Waals surface area contributed by atoms with Gasteiger partial charge in [0.15, 0.2) is 0 Å². The molecule has 0 saturated carbocycles. The number of benzene rings is 1. The third kappa shape index (κ3) is 3.22. The maximum absolute atomic E-state index is 2.20. The molecule has 1 fully saturated rings. The summed E-state index contributed by atoms with van der Waals surface area (Å²) in [5.74, 6) is 2.58. The quantitative estimate of drug-likeness (QED) is 0.477. The van der Waals surface area contributed by atoms with Crippen molar-refractivity contribution in [1.29, 1.82) is 0 Å². The molecule has 0 aliphatic carbocycles. The second kappa shape index (κ2) is 5.98. The zero-order valence-electron chi connectivity index (χ0n) is 7.82. The molecular weight excluding hydrogens is 191 g/mol. The van der Waals surface area contributed by atoms with Gasteiger partial charge in [-0.1, -0.05) is 10.6 Å². The van der Waals surface area contributed by atoms with Crippen molar-refractivity contribution in [3.8, 4) is 0 Å². The molecule has 2 rings (SSSR count). The van der Waals surface area contributed by atoms with Gasteiger partial charge in [-0.15, -0.1) is 12.1 Å². The molecule has 0 aromatic heterocycles. The van der Waals surface area contributed by atoms with Crippen LogP contribution in [-0.4, -0.2) is 11.5 Å². The zero-order valence-corrected chi connectivity index (χ0v) is 9.46. The minimum absolute atomic E-state index is 0. The van der Waals surface area contributed by atoms with E-state index in [1.807, 2.05) is 23.5 Å². The fourth-order valence-corrected chi connectivity index (χ4v) is 3.74. The Kier molecular flexibility index (Phi) is 5.27. The Morgan fingerprint density at radius 1 is 1.00 bits per heavy atom. The molecule has 1 heterocycles. The largest absolute Gasteiger partial charge is 1.00 e. The third-order valence-electron chi connectivity index (χ3n) is 1.76. The zero-order chi connectivity index (χ0) is 8.23. The van der Waals surface area contributed by atoms with E-state index in [9.17, 15) is 0 Å². The summed E-state index contributed by atoms with van der Waals surface area (Å²) < 4.78 is 1.50. The smallest absolute Gasteiger partial charge is 0.188 e. The molecule has 1 aromatic carbocycles. The Morgan fingerprint density at radius 3 is 2.23 bits per heavy atom. The van der Waals surface area contributed by atoms with Gasteiger partial charge in [-0.05, 0) is 17.9 Å². The summed E-state index contributed by atoms with van der Waals surface area (Å²) in [6.45, 7) is 0. The first-order valence-electron chi connectivity index (χ1n) is 4.15. The SMILES string of the molecule is [Li+].c1ccc([C-]2SCCCS2)cc1. The van der Waals surface area contributed by atoms with Crippen LogP contribution < -0.4 is 18.9 Å². The van der Waals surface area contributed by atoms with E-state index in [1.54, 1.807) is 0 Å². The second-order valence-electron chi connectivity index (χ2n) is 2.70. The van der Waals surface area contributed by atoms with Crippen molar-refractivity contribution in [2.45, 2.75) is 6.42 Å². The Morgan fingerprint density at radius 2 is 1.62 bits per heavy atom. The standard InChI is InChI=1S/C10H11S2.Li/c1-2-5-9(6-3-1)10-11-7-4-8-12-10;/h1-3,5-6H,4,7-8H2;/q-1;+1. The van der Waals surface area contributed by atoms with Gasteiger partial charge in [-0.3, -0.25) is 0 Å². The van der Waals surface area contributed by atoms with Crippen LogP contribution in [0.2, 0.25) is 0 Å². The number of rotatable bonds is 1. The maximum atomic E-state index is 2.20. The van der Waals surface area contributed by atoms with Gasteiger partial charge in [-0.2, -0.15) is 41.2 Å². The number of hydrogen-bond acceptors (Lipinski definition) is 2. The third-order valence-corrected chi connectivity index (χ3v) is 4.45. The molecule has 3 heteroatoms. The summed E-state index contributed by atoms with van der Waals surface area (Å²) in [4.78, 5) is 0. The maximum Gasteiger partial charge on any atom is 1.00 e. The average molecular weight is 202 g/mol. The summed E-state index contributed by atoms with van der Waals surface area (Å²) in [6, 6.07) is 10.7. The molecule has 0 bridgehead atoms. The molecule has 13 heavy (non-hydrogen) atoms. The molecule has 1 aromatic rings. The summed E-state index contributed by atoms with van der Waals surface area (Å²) in [7, 11) is 0.